The molecule has 3 aliphatic rings. The van der Waals surface area contributed by atoms with Crippen LogP contribution in [0.15, 0.2) is 36.4 Å². The lowest BCUT2D eigenvalue weighted by Gasteiger charge is -2.47. The summed E-state index contributed by atoms with van der Waals surface area (Å²) in [6.07, 6.45) is -9.11. The summed E-state index contributed by atoms with van der Waals surface area (Å²) in [5.74, 6) is -0.0110. The Hall–Kier alpha value is -2.30. The van der Waals surface area contributed by atoms with Gasteiger partial charge in [-0.25, -0.2) is 0 Å². The van der Waals surface area contributed by atoms with Gasteiger partial charge in [-0.3, -0.25) is 5.32 Å². The number of fused-ring (bicyclic) bond motifs is 3. The molecule has 2 atom stereocenters. The van der Waals surface area contributed by atoms with Gasteiger partial charge in [0.15, 0.2) is 0 Å². The number of benzene rings is 2. The van der Waals surface area contributed by atoms with Crippen LogP contribution in [0.3, 0.4) is 0 Å². The Kier molecular flexibility index (Phi) is 5.37. The molecule has 1 saturated heterocycles. The first-order chi connectivity index (χ1) is 15.6. The number of nitrogens with one attached hydrogen (secondary N) is 2. The predicted molar refractivity (Wildman–Crippen MR) is 110 cm³/mol. The van der Waals surface area contributed by atoms with E-state index in [0.29, 0.717) is 45.3 Å². The van der Waals surface area contributed by atoms with Crippen LogP contribution in [0.5, 0.6) is 0 Å². The molecule has 5 rings (SSSR count). The number of nitrogens with zero attached hydrogens (tertiary/aromatic N) is 1. The highest BCUT2D eigenvalue weighted by Crippen LogP contribution is 2.51. The van der Waals surface area contributed by atoms with Crippen LogP contribution < -0.4 is 15.5 Å². The lowest BCUT2D eigenvalue weighted by Crippen LogP contribution is -2.64. The van der Waals surface area contributed by atoms with Gasteiger partial charge in [0.05, 0.1) is 24.3 Å². The molecule has 0 bridgehead atoms. The number of para-hydroxylation sites is 1. The monoisotopic (exact) mass is 471 g/mol. The number of alkyl halides is 6. The number of rotatable bonds is 3. The van der Waals surface area contributed by atoms with E-state index in [1.54, 1.807) is 0 Å². The van der Waals surface area contributed by atoms with Crippen molar-refractivity contribution in [3.63, 3.8) is 0 Å². The molecule has 3 heterocycles. The minimum atomic E-state index is -4.90. The van der Waals surface area contributed by atoms with E-state index in [1.165, 1.54) is 0 Å². The van der Waals surface area contributed by atoms with Crippen LogP contribution in [-0.2, 0) is 30.2 Å². The molecular weight excluding hydrogens is 448 g/mol. The lowest BCUT2D eigenvalue weighted by molar-refractivity contribution is -0.143. The minimum absolute atomic E-state index is 0.0110. The molecule has 0 aliphatic carbocycles. The Morgan fingerprint density at radius 2 is 1.91 bits per heavy atom. The molecule has 1 fully saturated rings. The molecule has 2 aromatic carbocycles. The second-order valence-corrected chi connectivity index (χ2v) is 8.71. The zero-order chi connectivity index (χ0) is 23.4. The first kappa shape index (κ1) is 22.5. The van der Waals surface area contributed by atoms with Crippen LogP contribution in [0, 0.1) is 0 Å². The van der Waals surface area contributed by atoms with Crippen LogP contribution in [0.1, 0.15) is 40.2 Å². The third-order valence-corrected chi connectivity index (χ3v) is 6.93. The fourth-order valence-corrected chi connectivity index (χ4v) is 5.47. The topological polar surface area (TPSA) is 36.5 Å². The first-order valence-electron chi connectivity index (χ1n) is 10.8. The van der Waals surface area contributed by atoms with Crippen molar-refractivity contribution < 1.29 is 31.1 Å². The molecule has 0 saturated carbocycles. The summed E-state index contributed by atoms with van der Waals surface area (Å²) < 4.78 is 86.0. The number of hydrogen-bond acceptors (Lipinski definition) is 4. The standard InChI is InChI=1S/C23H23F6N3O/c24-22(25,26)16-5-4-14(18(10-16)23(27,28)29)11-31-21-6-7-30-12-19(21)17-3-1-2-15-13-33-9-8-32(21)20(15)17/h1-5,10,19,30-31H,6-9,11-13H2/t19-,21-/m0/s1. The van der Waals surface area contributed by atoms with Crippen molar-refractivity contribution in [1.29, 1.82) is 0 Å². The highest BCUT2D eigenvalue weighted by atomic mass is 19.4. The van der Waals surface area contributed by atoms with Gasteiger partial charge in [0, 0.05) is 36.8 Å². The maximum Gasteiger partial charge on any atom is 0.416 e. The summed E-state index contributed by atoms with van der Waals surface area (Å²) in [5.41, 5.74) is -0.222. The Balaban J connectivity index is 1.52. The molecule has 3 aliphatic heterocycles. The van der Waals surface area contributed by atoms with Gasteiger partial charge in [0.1, 0.15) is 5.66 Å². The van der Waals surface area contributed by atoms with E-state index in [4.69, 9.17) is 4.74 Å². The van der Waals surface area contributed by atoms with Crippen molar-refractivity contribution in [2.45, 2.75) is 43.5 Å². The van der Waals surface area contributed by atoms with Crippen molar-refractivity contribution >= 4 is 5.69 Å². The van der Waals surface area contributed by atoms with Crippen molar-refractivity contribution in [2.24, 2.45) is 0 Å². The number of hydrogen-bond donors (Lipinski definition) is 2. The van der Waals surface area contributed by atoms with Gasteiger partial charge in [0.25, 0.3) is 0 Å². The van der Waals surface area contributed by atoms with Crippen molar-refractivity contribution in [1.82, 2.24) is 10.6 Å². The average Bonchev–Trinajstić information content (AvgIpc) is 2.88. The molecule has 0 unspecified atom stereocenters. The van der Waals surface area contributed by atoms with Gasteiger partial charge in [-0.15, -0.1) is 0 Å². The lowest BCUT2D eigenvalue weighted by atomic mass is 9.83. The fourth-order valence-electron chi connectivity index (χ4n) is 5.47. The SMILES string of the molecule is FC(F)(F)c1ccc(CN[C@]23CCNC[C@H]2c2cccc4c2N3CCOC4)c(C(F)(F)F)c1. The number of halogens is 6. The average molecular weight is 471 g/mol. The molecule has 178 valence electrons. The predicted octanol–water partition coefficient (Wildman–Crippen LogP) is 4.64. The summed E-state index contributed by atoms with van der Waals surface area (Å²) in [6.45, 7) is 2.64. The summed E-state index contributed by atoms with van der Waals surface area (Å²) in [7, 11) is 0. The second-order valence-electron chi connectivity index (χ2n) is 8.71. The van der Waals surface area contributed by atoms with E-state index in [0.717, 1.165) is 22.9 Å². The zero-order valence-corrected chi connectivity index (χ0v) is 17.6. The number of piperidine rings is 1. The summed E-state index contributed by atoms with van der Waals surface area (Å²) in [5, 5.41) is 6.75. The Bertz CT molecular complexity index is 1050. The second kappa shape index (κ2) is 7.89. The first-order valence-corrected chi connectivity index (χ1v) is 10.8. The number of anilines is 1. The Morgan fingerprint density at radius 1 is 1.09 bits per heavy atom. The molecular formula is C23H23F6N3O. The number of ether oxygens (including phenoxy) is 1. The molecule has 4 nitrogen and oxygen atoms in total. The highest BCUT2D eigenvalue weighted by molar-refractivity contribution is 5.69. The third kappa shape index (κ3) is 3.77. The van der Waals surface area contributed by atoms with E-state index in [2.05, 4.69) is 15.5 Å². The zero-order valence-electron chi connectivity index (χ0n) is 17.6. The van der Waals surface area contributed by atoms with Crippen molar-refractivity contribution in [3.05, 3.63) is 64.2 Å². The van der Waals surface area contributed by atoms with Crippen LogP contribution in [0.25, 0.3) is 0 Å². The molecule has 2 N–H and O–H groups in total. The molecule has 0 aromatic heterocycles. The van der Waals surface area contributed by atoms with E-state index in [-0.39, 0.29) is 24.1 Å². The van der Waals surface area contributed by atoms with Crippen LogP contribution in [-0.4, -0.2) is 31.9 Å². The molecule has 0 radical (unpaired) electrons. The van der Waals surface area contributed by atoms with Crippen LogP contribution >= 0.6 is 0 Å². The van der Waals surface area contributed by atoms with Gasteiger partial charge in [-0.2, -0.15) is 26.3 Å². The Morgan fingerprint density at radius 3 is 2.67 bits per heavy atom. The smallest absolute Gasteiger partial charge is 0.375 e. The van der Waals surface area contributed by atoms with Crippen molar-refractivity contribution in [3.8, 4) is 0 Å². The molecule has 0 amide bonds. The summed E-state index contributed by atoms with van der Waals surface area (Å²) >= 11 is 0. The Labute approximate surface area is 186 Å². The van der Waals surface area contributed by atoms with E-state index >= 15 is 0 Å². The maximum absolute atomic E-state index is 13.7. The van der Waals surface area contributed by atoms with Gasteiger partial charge in [-0.1, -0.05) is 24.3 Å². The van der Waals surface area contributed by atoms with Gasteiger partial charge in [-0.05, 0) is 36.2 Å². The van der Waals surface area contributed by atoms with Gasteiger partial charge >= 0.3 is 12.4 Å². The summed E-state index contributed by atoms with van der Waals surface area (Å²) in [6, 6.07) is 7.85. The maximum atomic E-state index is 13.7. The highest BCUT2D eigenvalue weighted by Gasteiger charge is 2.53. The van der Waals surface area contributed by atoms with Crippen molar-refractivity contribution in [2.75, 3.05) is 31.1 Å². The largest absolute Gasteiger partial charge is 0.416 e. The third-order valence-electron chi connectivity index (χ3n) is 6.93. The van der Waals surface area contributed by atoms with E-state index in [9.17, 15) is 26.3 Å². The van der Waals surface area contributed by atoms with E-state index < -0.39 is 29.1 Å². The van der Waals surface area contributed by atoms with Crippen LogP contribution in [0.2, 0.25) is 0 Å². The molecule has 33 heavy (non-hydrogen) atoms. The normalized spacial score (nSPS) is 24.9. The summed E-state index contributed by atoms with van der Waals surface area (Å²) in [4.78, 5) is 2.20. The molecule has 10 heteroatoms. The fraction of sp³-hybridized carbons (Fsp3) is 0.478. The van der Waals surface area contributed by atoms with Gasteiger partial charge in [0.2, 0.25) is 0 Å². The molecule has 2 aromatic rings. The minimum Gasteiger partial charge on any atom is -0.375 e. The molecule has 0 spiro atoms. The van der Waals surface area contributed by atoms with Gasteiger partial charge < -0.3 is 15.0 Å². The quantitative estimate of drug-likeness (QED) is 0.640. The van der Waals surface area contributed by atoms with E-state index in [1.807, 2.05) is 18.2 Å². The van der Waals surface area contributed by atoms with Crippen LogP contribution in [0.4, 0.5) is 32.0 Å².